The third-order valence-corrected chi connectivity index (χ3v) is 13.3. The van der Waals surface area contributed by atoms with Crippen LogP contribution in [0.2, 0.25) is 0 Å². The van der Waals surface area contributed by atoms with E-state index in [2.05, 4.69) is 0 Å². The number of sulfone groups is 2. The van der Waals surface area contributed by atoms with E-state index in [1.165, 1.54) is 6.07 Å². The number of anilines is 2. The molecule has 0 atom stereocenters. The lowest BCUT2D eigenvalue weighted by molar-refractivity contribution is -0.125. The van der Waals surface area contributed by atoms with E-state index in [4.69, 9.17) is 9.47 Å². The first-order valence-corrected chi connectivity index (χ1v) is 21.9. The van der Waals surface area contributed by atoms with E-state index < -0.39 is 19.7 Å². The number of benzene rings is 4. The van der Waals surface area contributed by atoms with Crippen molar-refractivity contribution in [1.82, 2.24) is 0 Å². The first-order valence-electron chi connectivity index (χ1n) is 18.9. The van der Waals surface area contributed by atoms with Crippen LogP contribution in [0.4, 0.5) is 11.4 Å². The molecule has 0 N–H and O–H groups in total. The van der Waals surface area contributed by atoms with Crippen molar-refractivity contribution in [3.63, 3.8) is 0 Å². The highest BCUT2D eigenvalue weighted by molar-refractivity contribution is 7.91. The number of fused-ring (bicyclic) bond motifs is 2. The Morgan fingerprint density at radius 3 is 1.41 bits per heavy atom. The Labute approximate surface area is 319 Å². The molecule has 4 aliphatic rings. The quantitative estimate of drug-likeness (QED) is 0.192. The molecule has 0 radical (unpaired) electrons. The summed E-state index contributed by atoms with van der Waals surface area (Å²) in [6, 6.07) is 26.1. The predicted octanol–water partition coefficient (Wildman–Crippen LogP) is 8.14. The third-order valence-electron chi connectivity index (χ3n) is 9.76. The fraction of sp³-hybridized carbons (Fsp3) is 0.381. The van der Waals surface area contributed by atoms with Gasteiger partial charge >= 0.3 is 0 Å². The first-order chi connectivity index (χ1) is 26.1. The molecule has 2 aliphatic heterocycles. The van der Waals surface area contributed by atoms with Gasteiger partial charge in [-0.2, -0.15) is 0 Å². The molecule has 2 fully saturated rings. The van der Waals surface area contributed by atoms with Crippen LogP contribution in [-0.4, -0.2) is 55.0 Å². The molecule has 2 aliphatic carbocycles. The zero-order valence-corrected chi connectivity index (χ0v) is 33.1. The SMILES string of the molecule is CC.CC.O=C(C1CCC1)N1CCOc2cc(S(=O)(=O)c3ccccc3)ccc21.O=C(C1CCC1)N1CCOc2ccc(S(=O)(=O)c3ccccc3)cc21. The molecule has 54 heavy (non-hydrogen) atoms. The number of nitrogens with zero attached hydrogens (tertiary/aromatic N) is 2. The summed E-state index contributed by atoms with van der Waals surface area (Å²) in [7, 11) is -7.23. The highest BCUT2D eigenvalue weighted by Crippen LogP contribution is 2.40. The highest BCUT2D eigenvalue weighted by atomic mass is 32.2. The molecule has 10 nitrogen and oxygen atoms in total. The summed E-state index contributed by atoms with van der Waals surface area (Å²) in [4.78, 5) is 29.6. The van der Waals surface area contributed by atoms with E-state index in [0.717, 1.165) is 38.5 Å². The van der Waals surface area contributed by atoms with Crippen molar-refractivity contribution in [1.29, 1.82) is 0 Å². The van der Waals surface area contributed by atoms with Crippen LogP contribution < -0.4 is 19.3 Å². The van der Waals surface area contributed by atoms with Crippen molar-refractivity contribution in [3.8, 4) is 11.5 Å². The largest absolute Gasteiger partial charge is 0.490 e. The van der Waals surface area contributed by atoms with Crippen molar-refractivity contribution in [2.75, 3.05) is 36.1 Å². The normalized spacial score (nSPS) is 16.3. The number of hydrogen-bond donors (Lipinski definition) is 0. The van der Waals surface area contributed by atoms with Crippen LogP contribution in [0.25, 0.3) is 0 Å². The molecule has 4 aromatic rings. The smallest absolute Gasteiger partial charge is 0.230 e. The third kappa shape index (κ3) is 8.50. The summed E-state index contributed by atoms with van der Waals surface area (Å²) in [5.41, 5.74) is 1.22. The van der Waals surface area contributed by atoms with Crippen molar-refractivity contribution in [3.05, 3.63) is 97.1 Å². The minimum atomic E-state index is -3.63. The highest BCUT2D eigenvalue weighted by Gasteiger charge is 2.35. The molecule has 0 aromatic heterocycles. The van der Waals surface area contributed by atoms with Crippen LogP contribution in [0.3, 0.4) is 0 Å². The monoisotopic (exact) mass is 774 g/mol. The Balaban J connectivity index is 0.000000190. The Bertz CT molecular complexity index is 2120. The van der Waals surface area contributed by atoms with Crippen molar-refractivity contribution < 1.29 is 35.9 Å². The molecule has 2 saturated carbocycles. The van der Waals surface area contributed by atoms with Crippen molar-refractivity contribution in [2.45, 2.75) is 85.8 Å². The molecule has 0 saturated heterocycles. The van der Waals surface area contributed by atoms with E-state index in [0.29, 0.717) is 49.2 Å². The van der Waals surface area contributed by atoms with E-state index in [1.807, 2.05) is 27.7 Å². The number of hydrogen-bond acceptors (Lipinski definition) is 8. The lowest BCUT2D eigenvalue weighted by Crippen LogP contribution is -2.43. The second kappa shape index (κ2) is 18.1. The zero-order valence-electron chi connectivity index (χ0n) is 31.4. The average Bonchev–Trinajstić information content (AvgIpc) is 3.18. The Morgan fingerprint density at radius 1 is 0.519 bits per heavy atom. The van der Waals surface area contributed by atoms with Gasteiger partial charge in [-0.3, -0.25) is 9.59 Å². The maximum Gasteiger partial charge on any atom is 0.230 e. The zero-order chi connectivity index (χ0) is 38.9. The Morgan fingerprint density at radius 2 is 0.944 bits per heavy atom. The fourth-order valence-corrected chi connectivity index (χ4v) is 9.01. The Hall–Kier alpha value is -4.68. The summed E-state index contributed by atoms with van der Waals surface area (Å²) in [5.74, 6) is 1.36. The first kappa shape index (κ1) is 40.5. The number of rotatable bonds is 6. The van der Waals surface area contributed by atoms with E-state index >= 15 is 0 Å². The summed E-state index contributed by atoms with van der Waals surface area (Å²) < 4.78 is 62.5. The molecular formula is C42H50N2O8S2. The van der Waals surface area contributed by atoms with Gasteiger partial charge in [0, 0.05) is 17.9 Å². The lowest BCUT2D eigenvalue weighted by atomic mass is 9.84. The van der Waals surface area contributed by atoms with Crippen LogP contribution in [0.5, 0.6) is 11.5 Å². The topological polar surface area (TPSA) is 127 Å². The van der Waals surface area contributed by atoms with Crippen molar-refractivity contribution in [2.24, 2.45) is 11.8 Å². The maximum absolute atomic E-state index is 12.9. The van der Waals surface area contributed by atoms with Crippen LogP contribution in [0.1, 0.15) is 66.2 Å². The molecule has 0 spiro atoms. The lowest BCUT2D eigenvalue weighted by Gasteiger charge is -2.35. The van der Waals surface area contributed by atoms with Gasteiger partial charge in [-0.1, -0.05) is 76.9 Å². The van der Waals surface area contributed by atoms with Crippen LogP contribution in [0.15, 0.2) is 117 Å². The van der Waals surface area contributed by atoms with Gasteiger partial charge in [-0.15, -0.1) is 0 Å². The summed E-state index contributed by atoms with van der Waals surface area (Å²) in [6.07, 6.45) is 5.87. The number of carbonyl (C=O) groups is 2. The van der Waals surface area contributed by atoms with Gasteiger partial charge in [0.15, 0.2) is 0 Å². The van der Waals surface area contributed by atoms with Crippen LogP contribution >= 0.6 is 0 Å². The number of carbonyl (C=O) groups excluding carboxylic acids is 2. The van der Waals surface area contributed by atoms with Crippen LogP contribution in [0, 0.1) is 11.8 Å². The standard InChI is InChI=1S/2C19H19NO4S.2C2H6/c21-19(14-5-4-6-14)20-11-12-24-18-10-9-16(13-17(18)20)25(22,23)15-7-2-1-3-8-15;21-19(14-5-4-6-14)20-11-12-24-18-13-16(9-10-17(18)20)25(22,23)15-7-2-1-3-8-15;2*1-2/h2*1-3,7-10,13-14H,4-6,11-12H2;2*1-2H3. The second-order valence-electron chi connectivity index (χ2n) is 12.8. The van der Waals surface area contributed by atoms with Gasteiger partial charge in [0.1, 0.15) is 24.7 Å². The average molecular weight is 775 g/mol. The summed E-state index contributed by atoms with van der Waals surface area (Å²) in [5, 5.41) is 0. The molecule has 0 bridgehead atoms. The van der Waals surface area contributed by atoms with Gasteiger partial charge in [0.25, 0.3) is 0 Å². The summed E-state index contributed by atoms with van der Waals surface area (Å²) >= 11 is 0. The van der Waals surface area contributed by atoms with E-state index in [-0.39, 0.29) is 43.2 Å². The molecule has 2 amide bonds. The van der Waals surface area contributed by atoms with Gasteiger partial charge in [-0.25, -0.2) is 16.8 Å². The summed E-state index contributed by atoms with van der Waals surface area (Å²) in [6.45, 7) is 9.76. The van der Waals surface area contributed by atoms with Gasteiger partial charge in [0.05, 0.1) is 44.0 Å². The minimum Gasteiger partial charge on any atom is -0.490 e. The van der Waals surface area contributed by atoms with Gasteiger partial charge in [0.2, 0.25) is 31.5 Å². The molecule has 12 heteroatoms. The molecule has 4 aromatic carbocycles. The second-order valence-corrected chi connectivity index (χ2v) is 16.7. The maximum atomic E-state index is 12.9. The number of ether oxygens (including phenoxy) is 2. The fourth-order valence-electron chi connectivity index (χ4n) is 6.41. The Kier molecular flexibility index (Phi) is 13.6. The molecule has 8 rings (SSSR count). The van der Waals surface area contributed by atoms with Gasteiger partial charge < -0.3 is 19.3 Å². The van der Waals surface area contributed by atoms with E-state index in [9.17, 15) is 26.4 Å². The molecule has 2 heterocycles. The van der Waals surface area contributed by atoms with Crippen LogP contribution in [-0.2, 0) is 29.3 Å². The minimum absolute atomic E-state index is 0.0559. The predicted molar refractivity (Wildman–Crippen MR) is 210 cm³/mol. The molecule has 0 unspecified atom stereocenters. The van der Waals surface area contributed by atoms with E-state index in [1.54, 1.807) is 101 Å². The number of amides is 2. The molecular weight excluding hydrogens is 725 g/mol. The van der Waals surface area contributed by atoms with Crippen molar-refractivity contribution >= 4 is 42.9 Å². The molecule has 288 valence electrons. The van der Waals surface area contributed by atoms with Gasteiger partial charge in [-0.05, 0) is 80.3 Å².